The van der Waals surface area contributed by atoms with Gasteiger partial charge in [-0.05, 0) is 31.2 Å². The molecule has 0 heterocycles. The second-order valence-corrected chi connectivity index (χ2v) is 6.07. The number of carbonyl (C=O) groups excluding carboxylic acids is 1. The minimum atomic E-state index is -0.620. The van der Waals surface area contributed by atoms with E-state index in [4.69, 9.17) is 40.0 Å². The topological polar surface area (TPSA) is 86.1 Å². The first-order valence-corrected chi connectivity index (χ1v) is 8.09. The second kappa shape index (κ2) is 8.71. The van der Waals surface area contributed by atoms with Crippen LogP contribution in [-0.2, 0) is 4.79 Å². The SMILES string of the molecule is CC(=NNc1c(Cl)cc(Cl)cc1Cl)C(=NO)C(=O)Nc1ccccc1. The zero-order valence-electron chi connectivity index (χ0n) is 12.9. The van der Waals surface area contributed by atoms with Gasteiger partial charge in [-0.1, -0.05) is 58.2 Å². The van der Waals surface area contributed by atoms with Gasteiger partial charge in [-0.3, -0.25) is 10.2 Å². The minimum Gasteiger partial charge on any atom is -0.410 e. The lowest BCUT2D eigenvalue weighted by Crippen LogP contribution is -2.29. The van der Waals surface area contributed by atoms with Gasteiger partial charge in [0.25, 0.3) is 5.91 Å². The summed E-state index contributed by atoms with van der Waals surface area (Å²) in [6.07, 6.45) is 0. The predicted molar refractivity (Wildman–Crippen MR) is 102 cm³/mol. The van der Waals surface area contributed by atoms with Crippen molar-refractivity contribution in [3.8, 4) is 0 Å². The van der Waals surface area contributed by atoms with Gasteiger partial charge in [0.1, 0.15) is 0 Å². The van der Waals surface area contributed by atoms with E-state index in [2.05, 4.69) is 21.0 Å². The zero-order valence-corrected chi connectivity index (χ0v) is 15.2. The summed E-state index contributed by atoms with van der Waals surface area (Å²) in [7, 11) is 0. The quantitative estimate of drug-likeness (QED) is 0.379. The van der Waals surface area contributed by atoms with Gasteiger partial charge in [-0.15, -0.1) is 0 Å². The fraction of sp³-hybridized carbons (Fsp3) is 0.0625. The van der Waals surface area contributed by atoms with Gasteiger partial charge in [-0.25, -0.2) is 0 Å². The van der Waals surface area contributed by atoms with Crippen LogP contribution in [0, 0.1) is 0 Å². The number of hydrogen-bond acceptors (Lipinski definition) is 5. The Morgan fingerprint density at radius 1 is 1.08 bits per heavy atom. The average Bonchev–Trinajstić information content (AvgIpc) is 2.55. The molecule has 3 N–H and O–H groups in total. The highest BCUT2D eigenvalue weighted by atomic mass is 35.5. The average molecular weight is 400 g/mol. The molecule has 2 aromatic rings. The standard InChI is InChI=1S/C16H13Cl3N4O2/c1-9(21-22-15-12(18)7-10(17)8-13(15)19)14(23-25)16(24)20-11-5-3-2-4-6-11/h2-8,22,25H,1H3,(H,20,24). The number of amides is 1. The lowest BCUT2D eigenvalue weighted by molar-refractivity contribution is -0.110. The van der Waals surface area contributed by atoms with Crippen molar-refractivity contribution in [2.24, 2.45) is 10.3 Å². The molecule has 2 rings (SSSR count). The van der Waals surface area contributed by atoms with Crippen LogP contribution in [0.1, 0.15) is 6.92 Å². The summed E-state index contributed by atoms with van der Waals surface area (Å²) in [6.45, 7) is 1.49. The zero-order chi connectivity index (χ0) is 18.4. The maximum absolute atomic E-state index is 12.2. The summed E-state index contributed by atoms with van der Waals surface area (Å²) in [5.41, 5.74) is 3.36. The maximum atomic E-state index is 12.2. The monoisotopic (exact) mass is 398 g/mol. The van der Waals surface area contributed by atoms with Crippen molar-refractivity contribution < 1.29 is 10.0 Å². The van der Waals surface area contributed by atoms with E-state index in [9.17, 15) is 4.79 Å². The van der Waals surface area contributed by atoms with E-state index in [0.29, 0.717) is 16.4 Å². The van der Waals surface area contributed by atoms with Crippen LogP contribution >= 0.6 is 34.8 Å². The lowest BCUT2D eigenvalue weighted by atomic mass is 10.2. The molecule has 6 nitrogen and oxygen atoms in total. The highest BCUT2D eigenvalue weighted by Gasteiger charge is 2.17. The number of para-hydroxylation sites is 1. The van der Waals surface area contributed by atoms with Crippen LogP contribution < -0.4 is 10.7 Å². The van der Waals surface area contributed by atoms with Crippen molar-refractivity contribution in [2.45, 2.75) is 6.92 Å². The molecule has 25 heavy (non-hydrogen) atoms. The lowest BCUT2D eigenvalue weighted by Gasteiger charge is -2.09. The van der Waals surface area contributed by atoms with Gasteiger partial charge in [0.2, 0.25) is 0 Å². The number of hydrazone groups is 1. The Labute approximate surface area is 159 Å². The highest BCUT2D eigenvalue weighted by Crippen LogP contribution is 2.33. The molecule has 0 aliphatic heterocycles. The molecule has 0 bridgehead atoms. The number of oxime groups is 1. The minimum absolute atomic E-state index is 0.123. The van der Waals surface area contributed by atoms with E-state index in [1.807, 2.05) is 6.07 Å². The molecule has 0 unspecified atom stereocenters. The Kier molecular flexibility index (Phi) is 6.64. The summed E-state index contributed by atoms with van der Waals surface area (Å²) in [5.74, 6) is -0.620. The van der Waals surface area contributed by atoms with Gasteiger partial charge in [0.15, 0.2) is 5.71 Å². The van der Waals surface area contributed by atoms with Gasteiger partial charge in [-0.2, -0.15) is 5.10 Å². The molecule has 0 saturated carbocycles. The van der Waals surface area contributed by atoms with Crippen molar-refractivity contribution in [3.05, 3.63) is 57.5 Å². The Morgan fingerprint density at radius 3 is 2.24 bits per heavy atom. The van der Waals surface area contributed by atoms with Crippen LogP contribution in [-0.4, -0.2) is 22.5 Å². The molecule has 0 saturated heterocycles. The Balaban J connectivity index is 2.15. The Morgan fingerprint density at radius 2 is 1.68 bits per heavy atom. The molecule has 0 fully saturated rings. The van der Waals surface area contributed by atoms with E-state index in [1.165, 1.54) is 19.1 Å². The number of nitrogens with one attached hydrogen (secondary N) is 2. The fourth-order valence-corrected chi connectivity index (χ4v) is 2.74. The van der Waals surface area contributed by atoms with E-state index in [1.54, 1.807) is 24.3 Å². The summed E-state index contributed by atoms with van der Waals surface area (Å²) in [4.78, 5) is 12.2. The predicted octanol–water partition coefficient (Wildman–Crippen LogP) is 4.90. The third-order valence-corrected chi connectivity index (χ3v) is 3.85. The number of anilines is 2. The molecule has 2 aromatic carbocycles. The highest BCUT2D eigenvalue weighted by molar-refractivity contribution is 6.68. The molecule has 0 atom stereocenters. The number of halogens is 3. The molecule has 1 amide bonds. The molecule has 9 heteroatoms. The van der Waals surface area contributed by atoms with Crippen molar-refractivity contribution in [1.29, 1.82) is 0 Å². The number of rotatable bonds is 5. The maximum Gasteiger partial charge on any atom is 0.279 e. The largest absolute Gasteiger partial charge is 0.410 e. The van der Waals surface area contributed by atoms with E-state index in [-0.39, 0.29) is 21.5 Å². The van der Waals surface area contributed by atoms with Crippen LogP contribution in [0.3, 0.4) is 0 Å². The third kappa shape index (κ3) is 5.09. The van der Waals surface area contributed by atoms with Gasteiger partial charge < -0.3 is 10.5 Å². The number of nitrogens with zero attached hydrogens (tertiary/aromatic N) is 2. The van der Waals surface area contributed by atoms with Crippen LogP contribution in [0.5, 0.6) is 0 Å². The second-order valence-electron chi connectivity index (χ2n) is 4.82. The van der Waals surface area contributed by atoms with Crippen LogP contribution in [0.4, 0.5) is 11.4 Å². The van der Waals surface area contributed by atoms with Crippen molar-refractivity contribution >= 4 is 63.5 Å². The van der Waals surface area contributed by atoms with Crippen LogP contribution in [0.2, 0.25) is 15.1 Å². The summed E-state index contributed by atoms with van der Waals surface area (Å²) < 4.78 is 0. The third-order valence-electron chi connectivity index (χ3n) is 3.03. The van der Waals surface area contributed by atoms with E-state index < -0.39 is 5.91 Å². The number of carbonyl (C=O) groups is 1. The van der Waals surface area contributed by atoms with Gasteiger partial charge in [0, 0.05) is 10.7 Å². The fourth-order valence-electron chi connectivity index (χ4n) is 1.84. The molecular formula is C16H13Cl3N4O2. The molecular weight excluding hydrogens is 387 g/mol. The molecule has 0 aliphatic carbocycles. The first kappa shape index (κ1) is 19.1. The molecule has 0 aliphatic rings. The normalized spacial score (nSPS) is 12.0. The Hall–Kier alpha value is -2.28. The molecule has 130 valence electrons. The van der Waals surface area contributed by atoms with Gasteiger partial charge in [0.05, 0.1) is 21.4 Å². The summed E-state index contributed by atoms with van der Waals surface area (Å²) in [5, 5.41) is 19.6. The van der Waals surface area contributed by atoms with Gasteiger partial charge >= 0.3 is 0 Å². The Bertz CT molecular complexity index is 816. The summed E-state index contributed by atoms with van der Waals surface area (Å²) in [6, 6.07) is 11.7. The molecule has 0 spiro atoms. The first-order valence-electron chi connectivity index (χ1n) is 6.96. The van der Waals surface area contributed by atoms with Crippen molar-refractivity contribution in [3.63, 3.8) is 0 Å². The van der Waals surface area contributed by atoms with E-state index in [0.717, 1.165) is 0 Å². The van der Waals surface area contributed by atoms with Crippen LogP contribution in [0.25, 0.3) is 0 Å². The number of hydrogen-bond donors (Lipinski definition) is 3. The molecule has 0 radical (unpaired) electrons. The van der Waals surface area contributed by atoms with Crippen molar-refractivity contribution in [2.75, 3.05) is 10.7 Å². The van der Waals surface area contributed by atoms with E-state index >= 15 is 0 Å². The number of benzene rings is 2. The smallest absolute Gasteiger partial charge is 0.279 e. The van der Waals surface area contributed by atoms with Crippen LogP contribution in [0.15, 0.2) is 52.7 Å². The molecule has 0 aromatic heterocycles. The first-order chi connectivity index (χ1) is 11.9. The van der Waals surface area contributed by atoms with Crippen molar-refractivity contribution in [1.82, 2.24) is 0 Å². The summed E-state index contributed by atoms with van der Waals surface area (Å²) >= 11 is 17.9.